The second kappa shape index (κ2) is 11.3. The largest absolute Gasteiger partial charge is 0.469 e. The smallest absolute Gasteiger partial charge is 0.407 e. The molecule has 11 heteroatoms. The van der Waals surface area contributed by atoms with E-state index in [9.17, 15) is 18.9 Å². The van der Waals surface area contributed by atoms with Crippen LogP contribution in [0.25, 0.3) is 0 Å². The predicted octanol–water partition coefficient (Wildman–Crippen LogP) is 3.10. The molecule has 0 aromatic heterocycles. The van der Waals surface area contributed by atoms with Crippen LogP contribution in [0.3, 0.4) is 0 Å². The van der Waals surface area contributed by atoms with Gasteiger partial charge in [-0.2, -0.15) is 0 Å². The van der Waals surface area contributed by atoms with Gasteiger partial charge in [-0.05, 0) is 39.5 Å². The zero-order valence-corrected chi connectivity index (χ0v) is 21.5. The number of hydrogen-bond donors (Lipinski definition) is 2. The van der Waals surface area contributed by atoms with Gasteiger partial charge in [0.25, 0.3) is 0 Å². The molecule has 1 aliphatic carbocycles. The number of hydrogen-bond acceptors (Lipinski definition) is 8. The van der Waals surface area contributed by atoms with Crippen molar-refractivity contribution in [1.29, 1.82) is 0 Å². The lowest BCUT2D eigenvalue weighted by Gasteiger charge is -2.42. The van der Waals surface area contributed by atoms with Gasteiger partial charge in [0.15, 0.2) is 6.10 Å². The second-order valence-electron chi connectivity index (χ2n) is 10.4. The maximum absolute atomic E-state index is 13.6. The molecule has 2 unspecified atom stereocenters. The van der Waals surface area contributed by atoms with Crippen LogP contribution in [-0.4, -0.2) is 55.9 Å². The fraction of sp³-hybridized carbons (Fsp3) is 0.864. The van der Waals surface area contributed by atoms with Crippen molar-refractivity contribution < 1.29 is 37.5 Å². The van der Waals surface area contributed by atoms with Gasteiger partial charge in [-0.1, -0.05) is 33.1 Å². The molecule has 1 saturated heterocycles. The highest BCUT2D eigenvalue weighted by atomic mass is 31.2. The Bertz CT molecular complexity index is 758. The lowest BCUT2D eigenvalue weighted by atomic mass is 9.84. The minimum Gasteiger partial charge on any atom is -0.469 e. The van der Waals surface area contributed by atoms with Gasteiger partial charge in [0.2, 0.25) is 5.91 Å². The first kappa shape index (κ1) is 27.8. The molecule has 0 aromatic rings. The standard InChI is InChI=1S/C22H39N2O8P/c1-21(2,3)31-20(27)17(15-10-8-7-9-11-15)24-33(28)30-14-22(4,5)18(32-33)19(26)23-13-12-16(25)29-6/h15,17-18H,7-14H2,1-6H3,(H,23,26)(H,24,28)/t17?,18-,33?/m0/s1. The molecule has 3 atom stereocenters. The third kappa shape index (κ3) is 8.35. The van der Waals surface area contributed by atoms with E-state index >= 15 is 0 Å². The first-order chi connectivity index (χ1) is 15.3. The van der Waals surface area contributed by atoms with E-state index in [1.165, 1.54) is 7.11 Å². The minimum atomic E-state index is -4.01. The van der Waals surface area contributed by atoms with Gasteiger partial charge in [0, 0.05) is 12.0 Å². The number of nitrogens with one attached hydrogen (secondary N) is 2. The highest BCUT2D eigenvalue weighted by molar-refractivity contribution is 7.51. The van der Waals surface area contributed by atoms with Crippen LogP contribution in [0.4, 0.5) is 0 Å². The molecule has 1 saturated carbocycles. The van der Waals surface area contributed by atoms with E-state index in [1.54, 1.807) is 34.6 Å². The molecule has 2 rings (SSSR count). The summed E-state index contributed by atoms with van der Waals surface area (Å²) in [6.07, 6.45) is 3.51. The first-order valence-corrected chi connectivity index (χ1v) is 13.1. The average Bonchev–Trinajstić information content (AvgIpc) is 2.73. The van der Waals surface area contributed by atoms with Crippen LogP contribution in [0.1, 0.15) is 73.1 Å². The third-order valence-electron chi connectivity index (χ3n) is 5.73. The Balaban J connectivity index is 2.15. The van der Waals surface area contributed by atoms with Gasteiger partial charge >= 0.3 is 19.7 Å². The minimum absolute atomic E-state index is 0.00416. The molecule has 1 amide bonds. The van der Waals surface area contributed by atoms with Crippen LogP contribution >= 0.6 is 7.75 Å². The summed E-state index contributed by atoms with van der Waals surface area (Å²) in [6.45, 7) is 8.88. The zero-order valence-electron chi connectivity index (χ0n) is 20.6. The molecule has 190 valence electrons. The summed E-state index contributed by atoms with van der Waals surface area (Å²) in [5.41, 5.74) is -1.49. The van der Waals surface area contributed by atoms with Crippen molar-refractivity contribution in [3.05, 3.63) is 0 Å². The van der Waals surface area contributed by atoms with Crippen molar-refractivity contribution in [3.63, 3.8) is 0 Å². The van der Waals surface area contributed by atoms with Gasteiger partial charge in [0.05, 0.1) is 20.1 Å². The Morgan fingerprint density at radius 2 is 1.79 bits per heavy atom. The summed E-state index contributed by atoms with van der Waals surface area (Å²) in [7, 11) is -2.74. The van der Waals surface area contributed by atoms with Crippen LogP contribution in [0.2, 0.25) is 0 Å². The summed E-state index contributed by atoms with van der Waals surface area (Å²) in [5.74, 6) is -1.56. The van der Waals surface area contributed by atoms with E-state index in [0.29, 0.717) is 0 Å². The molecule has 2 N–H and O–H groups in total. The molecule has 2 fully saturated rings. The monoisotopic (exact) mass is 490 g/mol. The Labute approximate surface area is 196 Å². The van der Waals surface area contributed by atoms with Crippen molar-refractivity contribution >= 4 is 25.6 Å². The zero-order chi connectivity index (χ0) is 24.9. The van der Waals surface area contributed by atoms with Crippen LogP contribution in [0.5, 0.6) is 0 Å². The van der Waals surface area contributed by atoms with Gasteiger partial charge < -0.3 is 14.8 Å². The van der Waals surface area contributed by atoms with Gasteiger partial charge in [-0.15, -0.1) is 0 Å². The maximum atomic E-state index is 13.6. The summed E-state index contributed by atoms with van der Waals surface area (Å²) in [6, 6.07) is -0.875. The molecule has 2 aliphatic rings. The van der Waals surface area contributed by atoms with E-state index in [-0.39, 0.29) is 25.5 Å². The Hall–Kier alpha value is -1.48. The lowest BCUT2D eigenvalue weighted by molar-refractivity contribution is -0.159. The van der Waals surface area contributed by atoms with E-state index in [4.69, 9.17) is 13.8 Å². The molecule has 1 aliphatic heterocycles. The normalized spacial score (nSPS) is 26.8. The highest BCUT2D eigenvalue weighted by Crippen LogP contribution is 2.54. The first-order valence-electron chi connectivity index (χ1n) is 11.5. The molecular weight excluding hydrogens is 451 g/mol. The summed E-state index contributed by atoms with van der Waals surface area (Å²) >= 11 is 0. The quantitative estimate of drug-likeness (QED) is 0.389. The SMILES string of the molecule is COC(=O)CCNC(=O)[C@@H]1OP(=O)(NC(C(=O)OC(C)(C)C)C2CCCCC2)OCC1(C)C. The average molecular weight is 491 g/mol. The van der Waals surface area contributed by atoms with E-state index in [0.717, 1.165) is 32.1 Å². The number of esters is 2. The predicted molar refractivity (Wildman–Crippen MR) is 121 cm³/mol. The Morgan fingerprint density at radius 3 is 2.36 bits per heavy atom. The van der Waals surface area contributed by atoms with E-state index < -0.39 is 48.8 Å². The fourth-order valence-corrected chi connectivity index (χ4v) is 5.96. The number of rotatable bonds is 8. The highest BCUT2D eigenvalue weighted by Gasteiger charge is 2.50. The Morgan fingerprint density at radius 1 is 1.15 bits per heavy atom. The van der Waals surface area contributed by atoms with Gasteiger partial charge in [0.1, 0.15) is 11.6 Å². The fourth-order valence-electron chi connectivity index (χ4n) is 3.95. The molecule has 0 aromatic carbocycles. The molecular formula is C22H39N2O8P. The Kier molecular flexibility index (Phi) is 9.50. The van der Waals surface area contributed by atoms with Crippen molar-refractivity contribution in [1.82, 2.24) is 10.4 Å². The van der Waals surface area contributed by atoms with Crippen molar-refractivity contribution in [2.45, 2.75) is 90.9 Å². The van der Waals surface area contributed by atoms with E-state index in [1.807, 2.05) is 0 Å². The van der Waals surface area contributed by atoms with Gasteiger partial charge in [-0.3, -0.25) is 23.4 Å². The number of carbonyl (C=O) groups is 3. The number of methoxy groups -OCH3 is 1. The van der Waals surface area contributed by atoms with Crippen molar-refractivity contribution in [3.8, 4) is 0 Å². The number of ether oxygens (including phenoxy) is 2. The van der Waals surface area contributed by atoms with Crippen LogP contribution in [0.15, 0.2) is 0 Å². The van der Waals surface area contributed by atoms with E-state index in [2.05, 4.69) is 15.1 Å². The topological polar surface area (TPSA) is 129 Å². The molecule has 33 heavy (non-hydrogen) atoms. The number of amides is 1. The second-order valence-corrected chi connectivity index (χ2v) is 12.1. The molecule has 0 bridgehead atoms. The van der Waals surface area contributed by atoms with Crippen molar-refractivity contribution in [2.75, 3.05) is 20.3 Å². The summed E-state index contributed by atoms with van der Waals surface area (Å²) < 4.78 is 35.0. The van der Waals surface area contributed by atoms with Crippen molar-refractivity contribution in [2.24, 2.45) is 11.3 Å². The van der Waals surface area contributed by atoms with Crippen LogP contribution in [-0.2, 0) is 37.5 Å². The van der Waals surface area contributed by atoms with Crippen LogP contribution in [0, 0.1) is 11.3 Å². The van der Waals surface area contributed by atoms with Crippen LogP contribution < -0.4 is 10.4 Å². The summed E-state index contributed by atoms with van der Waals surface area (Å²) in [4.78, 5) is 37.1. The molecule has 0 spiro atoms. The maximum Gasteiger partial charge on any atom is 0.407 e. The molecule has 0 radical (unpaired) electrons. The third-order valence-corrected chi connectivity index (χ3v) is 7.29. The summed E-state index contributed by atoms with van der Waals surface area (Å²) in [5, 5.41) is 5.43. The lowest BCUT2D eigenvalue weighted by Crippen LogP contribution is -2.53. The molecule has 1 heterocycles. The molecule has 10 nitrogen and oxygen atoms in total. The van der Waals surface area contributed by atoms with Gasteiger partial charge in [-0.25, -0.2) is 9.65 Å². The number of carbonyl (C=O) groups excluding carboxylic acids is 3.